The number of guanidine groups is 1. The molecular weight excluding hydrogens is 519 g/mol. The van der Waals surface area contributed by atoms with Gasteiger partial charge in [0, 0.05) is 44.7 Å². The Kier molecular flexibility index (Phi) is 11.2. The van der Waals surface area contributed by atoms with E-state index in [0.29, 0.717) is 13.2 Å². The first-order chi connectivity index (χ1) is 15.2. The topological polar surface area (TPSA) is 85.6 Å². The van der Waals surface area contributed by atoms with Crippen LogP contribution in [0.5, 0.6) is 5.75 Å². The van der Waals surface area contributed by atoms with Crippen LogP contribution < -0.4 is 15.4 Å². The van der Waals surface area contributed by atoms with E-state index in [9.17, 15) is 0 Å². The lowest BCUT2D eigenvalue weighted by Crippen LogP contribution is -2.42. The van der Waals surface area contributed by atoms with Gasteiger partial charge in [-0.3, -0.25) is 4.99 Å². The summed E-state index contributed by atoms with van der Waals surface area (Å²) < 4.78 is 13.4. The van der Waals surface area contributed by atoms with Crippen molar-refractivity contribution in [3.8, 4) is 5.75 Å². The van der Waals surface area contributed by atoms with Crippen molar-refractivity contribution in [3.63, 3.8) is 0 Å². The molecule has 1 aromatic heterocycles. The van der Waals surface area contributed by atoms with Gasteiger partial charge in [-0.05, 0) is 44.4 Å². The molecule has 2 heterocycles. The highest BCUT2D eigenvalue weighted by atomic mass is 127. The minimum absolute atomic E-state index is 0. The maximum Gasteiger partial charge on any atom is 0.191 e. The van der Waals surface area contributed by atoms with Crippen LogP contribution in [0.2, 0.25) is 0 Å². The summed E-state index contributed by atoms with van der Waals surface area (Å²) in [6, 6.07) is 8.50. The van der Waals surface area contributed by atoms with E-state index in [1.54, 1.807) is 6.33 Å². The number of hydrogen-bond acceptors (Lipinski definition) is 5. The van der Waals surface area contributed by atoms with Crippen LogP contribution in [0.25, 0.3) is 0 Å². The second-order valence-electron chi connectivity index (χ2n) is 7.77. The quantitative estimate of drug-likeness (QED) is 0.266. The average Bonchev–Trinajstić information content (AvgIpc) is 3.26. The SMILES string of the molecule is CCNC(=NCC1(c2ccc(OCC)cc2)CCOCC1)NCCn1cnnc1CC.I. The standard InChI is InChI=1S/C23H36N6O2.HI/c1-4-21-28-27-18-29(21)14-13-25-22(24-5-2)26-17-23(11-15-30-16-12-23)19-7-9-20(10-8-19)31-6-3;/h7-10,18H,4-6,11-17H2,1-3H3,(H2,24,25,26);1H. The number of halogens is 1. The molecule has 9 heteroatoms. The Morgan fingerprint density at radius 2 is 1.91 bits per heavy atom. The highest BCUT2D eigenvalue weighted by molar-refractivity contribution is 14.0. The molecule has 2 N–H and O–H groups in total. The van der Waals surface area contributed by atoms with Gasteiger partial charge in [-0.25, -0.2) is 0 Å². The Balaban J connectivity index is 0.00000363. The minimum atomic E-state index is -0.0189. The Hall–Kier alpha value is -1.88. The highest BCUT2D eigenvalue weighted by Gasteiger charge is 2.34. The molecule has 178 valence electrons. The van der Waals surface area contributed by atoms with Gasteiger partial charge in [0.05, 0.1) is 13.2 Å². The third-order valence-corrected chi connectivity index (χ3v) is 5.77. The van der Waals surface area contributed by atoms with Crippen molar-refractivity contribution in [2.75, 3.05) is 39.5 Å². The predicted molar refractivity (Wildman–Crippen MR) is 138 cm³/mol. The Morgan fingerprint density at radius 3 is 2.56 bits per heavy atom. The van der Waals surface area contributed by atoms with Crippen LogP contribution in [-0.2, 0) is 23.1 Å². The number of rotatable bonds is 10. The van der Waals surface area contributed by atoms with Gasteiger partial charge >= 0.3 is 0 Å². The van der Waals surface area contributed by atoms with Crippen LogP contribution in [0.1, 0.15) is 45.0 Å². The number of nitrogens with one attached hydrogen (secondary N) is 2. The number of aromatic nitrogens is 3. The molecule has 1 saturated heterocycles. The Labute approximate surface area is 208 Å². The van der Waals surface area contributed by atoms with Crippen LogP contribution in [0.15, 0.2) is 35.6 Å². The zero-order chi connectivity index (χ0) is 21.9. The van der Waals surface area contributed by atoms with Gasteiger partial charge < -0.3 is 24.7 Å². The van der Waals surface area contributed by atoms with E-state index < -0.39 is 0 Å². The number of nitrogens with zero attached hydrogens (tertiary/aromatic N) is 4. The van der Waals surface area contributed by atoms with Crippen molar-refractivity contribution in [1.29, 1.82) is 0 Å². The van der Waals surface area contributed by atoms with E-state index in [4.69, 9.17) is 14.5 Å². The molecule has 2 aromatic rings. The van der Waals surface area contributed by atoms with Crippen molar-refractivity contribution in [1.82, 2.24) is 25.4 Å². The fourth-order valence-electron chi connectivity index (χ4n) is 3.98. The Morgan fingerprint density at radius 1 is 1.16 bits per heavy atom. The average molecular weight is 556 g/mol. The van der Waals surface area contributed by atoms with Crippen LogP contribution in [-0.4, -0.2) is 60.2 Å². The molecule has 8 nitrogen and oxygen atoms in total. The molecule has 1 aromatic carbocycles. The summed E-state index contributed by atoms with van der Waals surface area (Å²) in [5, 5.41) is 15.0. The van der Waals surface area contributed by atoms with Crippen molar-refractivity contribution in [2.24, 2.45) is 4.99 Å². The molecule has 3 rings (SSSR count). The maximum absolute atomic E-state index is 5.67. The van der Waals surface area contributed by atoms with Crippen molar-refractivity contribution >= 4 is 29.9 Å². The van der Waals surface area contributed by atoms with Crippen LogP contribution in [0, 0.1) is 0 Å². The molecule has 1 fully saturated rings. The molecule has 32 heavy (non-hydrogen) atoms. The lowest BCUT2D eigenvalue weighted by Gasteiger charge is -2.36. The van der Waals surface area contributed by atoms with Gasteiger partial charge in [-0.1, -0.05) is 19.1 Å². The predicted octanol–water partition coefficient (Wildman–Crippen LogP) is 3.16. The zero-order valence-electron chi connectivity index (χ0n) is 19.5. The normalized spacial score (nSPS) is 15.7. The minimum Gasteiger partial charge on any atom is -0.494 e. The first kappa shape index (κ1) is 26.4. The lowest BCUT2D eigenvalue weighted by atomic mass is 9.74. The molecule has 0 amide bonds. The molecule has 1 aliphatic rings. The van der Waals surface area contributed by atoms with Crippen molar-refractivity contribution in [2.45, 2.75) is 52.0 Å². The summed E-state index contributed by atoms with van der Waals surface area (Å²) in [5.41, 5.74) is 1.28. The number of hydrogen-bond donors (Lipinski definition) is 2. The molecule has 0 bridgehead atoms. The van der Waals surface area contributed by atoms with Gasteiger partial charge in [-0.15, -0.1) is 34.2 Å². The molecule has 0 unspecified atom stereocenters. The lowest BCUT2D eigenvalue weighted by molar-refractivity contribution is 0.0531. The highest BCUT2D eigenvalue weighted by Crippen LogP contribution is 2.36. The third kappa shape index (κ3) is 7.06. The maximum atomic E-state index is 5.67. The first-order valence-corrected chi connectivity index (χ1v) is 11.4. The molecule has 0 saturated carbocycles. The van der Waals surface area contributed by atoms with Gasteiger partial charge in [-0.2, -0.15) is 0 Å². The molecule has 0 radical (unpaired) electrons. The third-order valence-electron chi connectivity index (χ3n) is 5.77. The summed E-state index contributed by atoms with van der Waals surface area (Å²) >= 11 is 0. The summed E-state index contributed by atoms with van der Waals surface area (Å²) in [6.07, 6.45) is 4.59. The number of ether oxygens (including phenoxy) is 2. The number of aryl methyl sites for hydroxylation is 1. The largest absolute Gasteiger partial charge is 0.494 e. The van der Waals surface area contributed by atoms with Crippen LogP contribution in [0.4, 0.5) is 0 Å². The van der Waals surface area contributed by atoms with Crippen molar-refractivity contribution < 1.29 is 9.47 Å². The van der Waals surface area contributed by atoms with Gasteiger partial charge in [0.2, 0.25) is 0 Å². The summed E-state index contributed by atoms with van der Waals surface area (Å²) in [6.45, 7) is 11.5. The summed E-state index contributed by atoms with van der Waals surface area (Å²) in [4.78, 5) is 4.97. The molecule has 0 aliphatic carbocycles. The number of aliphatic imine (C=N–C) groups is 1. The van der Waals surface area contributed by atoms with Gasteiger partial charge in [0.15, 0.2) is 5.96 Å². The molecule has 1 aliphatic heterocycles. The van der Waals surface area contributed by atoms with E-state index in [0.717, 1.165) is 69.6 Å². The monoisotopic (exact) mass is 556 g/mol. The van der Waals surface area contributed by atoms with E-state index in [1.165, 1.54) is 5.56 Å². The van der Waals surface area contributed by atoms with E-state index in [1.807, 2.05) is 6.92 Å². The summed E-state index contributed by atoms with van der Waals surface area (Å²) in [5.74, 6) is 2.75. The first-order valence-electron chi connectivity index (χ1n) is 11.4. The second-order valence-corrected chi connectivity index (χ2v) is 7.77. The Bertz CT molecular complexity index is 818. The van der Waals surface area contributed by atoms with Crippen LogP contribution in [0.3, 0.4) is 0 Å². The zero-order valence-corrected chi connectivity index (χ0v) is 21.8. The smallest absolute Gasteiger partial charge is 0.191 e. The molecule has 0 atom stereocenters. The fraction of sp³-hybridized carbons (Fsp3) is 0.609. The van der Waals surface area contributed by atoms with Crippen LogP contribution >= 0.6 is 24.0 Å². The summed E-state index contributed by atoms with van der Waals surface area (Å²) in [7, 11) is 0. The molecular formula is C23H37IN6O2. The fourth-order valence-corrected chi connectivity index (χ4v) is 3.98. The van der Waals surface area contributed by atoms with E-state index >= 15 is 0 Å². The van der Waals surface area contributed by atoms with Crippen molar-refractivity contribution in [3.05, 3.63) is 42.0 Å². The van der Waals surface area contributed by atoms with Gasteiger partial charge in [0.1, 0.15) is 17.9 Å². The van der Waals surface area contributed by atoms with E-state index in [-0.39, 0.29) is 29.4 Å². The second kappa shape index (κ2) is 13.6. The molecule has 0 spiro atoms. The van der Waals surface area contributed by atoms with Gasteiger partial charge in [0.25, 0.3) is 0 Å². The van der Waals surface area contributed by atoms with E-state index in [2.05, 4.69) is 63.5 Å². The number of benzene rings is 1.